The van der Waals surface area contributed by atoms with Crippen LogP contribution in [-0.2, 0) is 9.53 Å². The fourth-order valence-corrected chi connectivity index (χ4v) is 2.61. The number of aliphatic hydroxyl groups excluding tert-OH is 1. The van der Waals surface area contributed by atoms with Crippen LogP contribution in [0.15, 0.2) is 18.2 Å². The van der Waals surface area contributed by atoms with E-state index in [-0.39, 0.29) is 18.3 Å². The van der Waals surface area contributed by atoms with Crippen molar-refractivity contribution >= 4 is 5.91 Å². The summed E-state index contributed by atoms with van der Waals surface area (Å²) in [6, 6.07) is 4.33. The number of hydrogen-bond donors (Lipinski definition) is 1. The molecule has 1 atom stereocenters. The van der Waals surface area contributed by atoms with E-state index in [0.717, 1.165) is 0 Å². The first kappa shape index (κ1) is 16.9. The van der Waals surface area contributed by atoms with E-state index in [9.17, 15) is 14.3 Å². The van der Waals surface area contributed by atoms with E-state index in [2.05, 4.69) is 0 Å². The molecule has 0 bridgehead atoms. The fraction of sp³-hybridized carbons (Fsp3) is 0.562. The molecule has 1 saturated heterocycles. The standard InChI is InChI=1S/C16H23FN2O3/c1-12-9-13(17)3-4-14(12)15(20)10-18(2)11-16(21)19-5-7-22-8-6-19/h3-4,9,15,20H,5-8,10-11H2,1-2H3. The molecule has 5 nitrogen and oxygen atoms in total. The van der Waals surface area contributed by atoms with Gasteiger partial charge < -0.3 is 14.7 Å². The van der Waals surface area contributed by atoms with Gasteiger partial charge in [-0.1, -0.05) is 6.07 Å². The minimum absolute atomic E-state index is 0.0360. The second kappa shape index (κ2) is 7.67. The van der Waals surface area contributed by atoms with Crippen LogP contribution in [0.4, 0.5) is 4.39 Å². The average Bonchev–Trinajstić information content (AvgIpc) is 2.47. The Balaban J connectivity index is 1.87. The Labute approximate surface area is 130 Å². The molecule has 1 heterocycles. The summed E-state index contributed by atoms with van der Waals surface area (Å²) < 4.78 is 18.3. The lowest BCUT2D eigenvalue weighted by atomic mass is 10.0. The van der Waals surface area contributed by atoms with E-state index in [1.165, 1.54) is 12.1 Å². The predicted octanol–water partition coefficient (Wildman–Crippen LogP) is 0.958. The fourth-order valence-electron chi connectivity index (χ4n) is 2.61. The summed E-state index contributed by atoms with van der Waals surface area (Å²) in [5.41, 5.74) is 1.40. The van der Waals surface area contributed by atoms with E-state index < -0.39 is 6.10 Å². The zero-order valence-electron chi connectivity index (χ0n) is 13.1. The Kier molecular flexibility index (Phi) is 5.88. The maximum absolute atomic E-state index is 13.1. The first-order valence-electron chi connectivity index (χ1n) is 7.45. The van der Waals surface area contributed by atoms with Crippen LogP contribution in [0.25, 0.3) is 0 Å². The quantitative estimate of drug-likeness (QED) is 0.880. The highest BCUT2D eigenvalue weighted by molar-refractivity contribution is 5.78. The van der Waals surface area contributed by atoms with Gasteiger partial charge in [0.1, 0.15) is 5.82 Å². The molecule has 0 spiro atoms. The molecule has 1 aromatic carbocycles. The van der Waals surface area contributed by atoms with Crippen molar-refractivity contribution in [2.24, 2.45) is 0 Å². The van der Waals surface area contributed by atoms with Crippen LogP contribution in [0.2, 0.25) is 0 Å². The Morgan fingerprint density at radius 1 is 1.45 bits per heavy atom. The van der Waals surface area contributed by atoms with Crippen LogP contribution in [0.5, 0.6) is 0 Å². The van der Waals surface area contributed by atoms with Crippen LogP contribution >= 0.6 is 0 Å². The zero-order chi connectivity index (χ0) is 16.1. The lowest BCUT2D eigenvalue weighted by molar-refractivity contribution is -0.136. The third-order valence-corrected chi connectivity index (χ3v) is 3.84. The number of carbonyl (C=O) groups is 1. The van der Waals surface area contributed by atoms with Gasteiger partial charge in [0.15, 0.2) is 0 Å². The number of rotatable bonds is 5. The molecule has 122 valence electrons. The van der Waals surface area contributed by atoms with Crippen LogP contribution in [-0.4, -0.2) is 67.3 Å². The molecule has 1 unspecified atom stereocenters. The molecule has 6 heteroatoms. The summed E-state index contributed by atoms with van der Waals surface area (Å²) in [5, 5.41) is 10.3. The molecule has 0 radical (unpaired) electrons. The van der Waals surface area contributed by atoms with E-state index in [1.54, 1.807) is 29.8 Å². The third kappa shape index (κ3) is 4.50. The second-order valence-electron chi connectivity index (χ2n) is 5.71. The Bertz CT molecular complexity index is 518. The van der Waals surface area contributed by atoms with Gasteiger partial charge in [0.25, 0.3) is 0 Å². The van der Waals surface area contributed by atoms with Gasteiger partial charge in [0, 0.05) is 19.6 Å². The zero-order valence-corrected chi connectivity index (χ0v) is 13.1. The second-order valence-corrected chi connectivity index (χ2v) is 5.71. The monoisotopic (exact) mass is 310 g/mol. The van der Waals surface area contributed by atoms with Crippen molar-refractivity contribution in [1.29, 1.82) is 0 Å². The molecule has 2 rings (SSSR count). The predicted molar refractivity (Wildman–Crippen MR) is 81.0 cm³/mol. The number of amides is 1. The van der Waals surface area contributed by atoms with Crippen molar-refractivity contribution in [3.05, 3.63) is 35.1 Å². The number of likely N-dealkylation sites (N-methyl/N-ethyl adjacent to an activating group) is 1. The highest BCUT2D eigenvalue weighted by Crippen LogP contribution is 2.19. The number of hydrogen-bond acceptors (Lipinski definition) is 4. The van der Waals surface area contributed by atoms with Crippen molar-refractivity contribution in [3.8, 4) is 0 Å². The highest BCUT2D eigenvalue weighted by Gasteiger charge is 2.20. The van der Waals surface area contributed by atoms with Gasteiger partial charge in [-0.2, -0.15) is 0 Å². The number of carbonyl (C=O) groups excluding carboxylic acids is 1. The molecule has 1 fully saturated rings. The largest absolute Gasteiger partial charge is 0.387 e. The number of halogens is 1. The third-order valence-electron chi connectivity index (χ3n) is 3.84. The Morgan fingerprint density at radius 2 is 2.14 bits per heavy atom. The molecule has 0 aromatic heterocycles. The Hall–Kier alpha value is -1.50. The summed E-state index contributed by atoms with van der Waals surface area (Å²) in [6.45, 7) is 4.72. The summed E-state index contributed by atoms with van der Waals surface area (Å²) in [5.74, 6) is -0.280. The molecular formula is C16H23FN2O3. The summed E-state index contributed by atoms with van der Waals surface area (Å²) in [7, 11) is 1.79. The van der Waals surface area contributed by atoms with Gasteiger partial charge in [0.05, 0.1) is 25.9 Å². The molecule has 22 heavy (non-hydrogen) atoms. The van der Waals surface area contributed by atoms with E-state index in [1.807, 2.05) is 0 Å². The molecule has 0 aliphatic carbocycles. The molecule has 1 aliphatic rings. The first-order valence-corrected chi connectivity index (χ1v) is 7.45. The van der Waals surface area contributed by atoms with Crippen molar-refractivity contribution in [3.63, 3.8) is 0 Å². The van der Waals surface area contributed by atoms with Crippen molar-refractivity contribution < 1.29 is 19.0 Å². The Morgan fingerprint density at radius 3 is 2.77 bits per heavy atom. The maximum Gasteiger partial charge on any atom is 0.236 e. The number of ether oxygens (including phenoxy) is 1. The van der Waals surface area contributed by atoms with Crippen LogP contribution in [0.1, 0.15) is 17.2 Å². The summed E-state index contributed by atoms with van der Waals surface area (Å²) >= 11 is 0. The number of aryl methyl sites for hydroxylation is 1. The molecule has 1 amide bonds. The summed E-state index contributed by atoms with van der Waals surface area (Å²) in [6.07, 6.45) is -0.747. The smallest absolute Gasteiger partial charge is 0.236 e. The number of benzene rings is 1. The van der Waals surface area contributed by atoms with Gasteiger partial charge >= 0.3 is 0 Å². The lowest BCUT2D eigenvalue weighted by Gasteiger charge is -2.29. The van der Waals surface area contributed by atoms with Gasteiger partial charge in [-0.05, 0) is 37.2 Å². The van der Waals surface area contributed by atoms with E-state index >= 15 is 0 Å². The van der Waals surface area contributed by atoms with Gasteiger partial charge in [-0.25, -0.2) is 4.39 Å². The topological polar surface area (TPSA) is 53.0 Å². The molecule has 1 aliphatic heterocycles. The summed E-state index contributed by atoms with van der Waals surface area (Å²) in [4.78, 5) is 15.7. The number of aliphatic hydroxyl groups is 1. The lowest BCUT2D eigenvalue weighted by Crippen LogP contribution is -2.45. The SMILES string of the molecule is Cc1cc(F)ccc1C(O)CN(C)CC(=O)N1CCOCC1. The minimum atomic E-state index is -0.747. The minimum Gasteiger partial charge on any atom is -0.387 e. The maximum atomic E-state index is 13.1. The number of nitrogens with zero attached hydrogens (tertiary/aromatic N) is 2. The highest BCUT2D eigenvalue weighted by atomic mass is 19.1. The van der Waals surface area contributed by atoms with E-state index in [4.69, 9.17) is 4.74 Å². The average molecular weight is 310 g/mol. The molecular weight excluding hydrogens is 287 g/mol. The van der Waals surface area contributed by atoms with Gasteiger partial charge in [-0.3, -0.25) is 9.69 Å². The van der Waals surface area contributed by atoms with Crippen molar-refractivity contribution in [2.75, 3.05) is 46.4 Å². The first-order chi connectivity index (χ1) is 10.5. The normalized spacial score (nSPS) is 16.9. The van der Waals surface area contributed by atoms with Crippen LogP contribution in [0.3, 0.4) is 0 Å². The number of morpholine rings is 1. The molecule has 0 saturated carbocycles. The van der Waals surface area contributed by atoms with Crippen LogP contribution < -0.4 is 0 Å². The molecule has 1 aromatic rings. The molecule has 1 N–H and O–H groups in total. The van der Waals surface area contributed by atoms with Crippen molar-refractivity contribution in [2.45, 2.75) is 13.0 Å². The van der Waals surface area contributed by atoms with E-state index in [0.29, 0.717) is 44.0 Å². The van der Waals surface area contributed by atoms with Crippen LogP contribution in [0, 0.1) is 12.7 Å². The van der Waals surface area contributed by atoms with Gasteiger partial charge in [-0.15, -0.1) is 0 Å². The van der Waals surface area contributed by atoms with Gasteiger partial charge in [0.2, 0.25) is 5.91 Å². The van der Waals surface area contributed by atoms with Crippen molar-refractivity contribution in [1.82, 2.24) is 9.80 Å².